The molecule has 142 valence electrons. The van der Waals surface area contributed by atoms with E-state index in [-0.39, 0.29) is 11.7 Å². The van der Waals surface area contributed by atoms with Crippen molar-refractivity contribution in [1.82, 2.24) is 14.8 Å². The Morgan fingerprint density at radius 2 is 1.93 bits per heavy atom. The smallest absolute Gasteiger partial charge is 0.235 e. The van der Waals surface area contributed by atoms with E-state index in [2.05, 4.69) is 27.3 Å². The molecule has 2 heterocycles. The van der Waals surface area contributed by atoms with Crippen molar-refractivity contribution in [2.75, 3.05) is 17.7 Å². The normalized spacial score (nSPS) is 18.1. The van der Waals surface area contributed by atoms with Crippen molar-refractivity contribution in [2.45, 2.75) is 6.04 Å². The van der Waals surface area contributed by atoms with Gasteiger partial charge < -0.3 is 15.4 Å². The highest BCUT2D eigenvalue weighted by Gasteiger charge is 2.39. The van der Waals surface area contributed by atoms with Gasteiger partial charge in [-0.15, -0.1) is 0 Å². The second-order valence-corrected chi connectivity index (χ2v) is 6.37. The highest BCUT2D eigenvalue weighted by Crippen LogP contribution is 2.37. The lowest BCUT2D eigenvalue weighted by molar-refractivity contribution is -0.119. The summed E-state index contributed by atoms with van der Waals surface area (Å²) in [5.74, 6) is -0.125. The minimum Gasteiger partial charge on any atom is -0.497 e. The average Bonchev–Trinajstić information content (AvgIpc) is 3.16. The zero-order valence-electron chi connectivity index (χ0n) is 15.1. The lowest BCUT2D eigenvalue weighted by atomic mass is 9.88. The van der Waals surface area contributed by atoms with E-state index in [4.69, 9.17) is 4.74 Å². The van der Waals surface area contributed by atoms with Gasteiger partial charge >= 0.3 is 0 Å². The fourth-order valence-electron chi connectivity index (χ4n) is 3.29. The van der Waals surface area contributed by atoms with Gasteiger partial charge in [-0.3, -0.25) is 4.79 Å². The third-order valence-electron chi connectivity index (χ3n) is 4.65. The summed E-state index contributed by atoms with van der Waals surface area (Å²) in [6.45, 7) is 4.01. The highest BCUT2D eigenvalue weighted by molar-refractivity contribution is 5.95. The van der Waals surface area contributed by atoms with Crippen LogP contribution in [0.5, 0.6) is 5.75 Å². The number of aromatic nitrogens is 3. The van der Waals surface area contributed by atoms with Crippen LogP contribution >= 0.6 is 0 Å². The molecule has 0 fully saturated rings. The number of nitrogens with zero attached hydrogens (tertiary/aromatic N) is 3. The molecular formula is C20H18FN5O2. The molecule has 28 heavy (non-hydrogen) atoms. The summed E-state index contributed by atoms with van der Waals surface area (Å²) in [6, 6.07) is 12.5. The fraction of sp³-hybridized carbons (Fsp3) is 0.150. The summed E-state index contributed by atoms with van der Waals surface area (Å²) >= 11 is 0. The van der Waals surface area contributed by atoms with Gasteiger partial charge in [-0.1, -0.05) is 18.7 Å². The molecule has 2 unspecified atom stereocenters. The molecule has 1 aliphatic heterocycles. The van der Waals surface area contributed by atoms with Gasteiger partial charge in [0.1, 0.15) is 23.8 Å². The first-order valence-corrected chi connectivity index (χ1v) is 8.62. The molecule has 0 spiro atoms. The van der Waals surface area contributed by atoms with E-state index in [0.29, 0.717) is 23.1 Å². The third-order valence-corrected chi connectivity index (χ3v) is 4.65. The van der Waals surface area contributed by atoms with Gasteiger partial charge in [-0.2, -0.15) is 10.1 Å². The fourth-order valence-corrected chi connectivity index (χ4v) is 3.29. The molecule has 2 aromatic carbocycles. The van der Waals surface area contributed by atoms with Gasteiger partial charge in [0.2, 0.25) is 11.9 Å². The SMILES string of the molecule is C=C1Nc2ncnn2C(c2ccc(F)cc2)C1C(=O)Nc1ccc(OC)cc1. The molecule has 1 aromatic heterocycles. The first-order valence-electron chi connectivity index (χ1n) is 8.62. The molecule has 0 saturated carbocycles. The van der Waals surface area contributed by atoms with E-state index in [9.17, 15) is 9.18 Å². The number of amides is 1. The third kappa shape index (κ3) is 3.20. The van der Waals surface area contributed by atoms with Crippen LogP contribution in [0.3, 0.4) is 0 Å². The van der Waals surface area contributed by atoms with E-state index in [1.807, 2.05) is 0 Å². The van der Waals surface area contributed by atoms with Crippen LogP contribution in [-0.4, -0.2) is 27.8 Å². The van der Waals surface area contributed by atoms with Crippen LogP contribution in [0.1, 0.15) is 11.6 Å². The number of hydrogen-bond donors (Lipinski definition) is 2. The number of methoxy groups -OCH3 is 1. The van der Waals surface area contributed by atoms with Crippen molar-refractivity contribution in [1.29, 1.82) is 0 Å². The Morgan fingerprint density at radius 1 is 1.21 bits per heavy atom. The maximum atomic E-state index is 13.4. The Morgan fingerprint density at radius 3 is 2.61 bits per heavy atom. The molecule has 3 aromatic rings. The predicted octanol–water partition coefficient (Wildman–Crippen LogP) is 3.21. The van der Waals surface area contributed by atoms with Crippen molar-refractivity contribution in [3.8, 4) is 5.75 Å². The number of nitrogens with one attached hydrogen (secondary N) is 2. The lowest BCUT2D eigenvalue weighted by Crippen LogP contribution is -2.39. The van der Waals surface area contributed by atoms with Crippen molar-refractivity contribution < 1.29 is 13.9 Å². The zero-order chi connectivity index (χ0) is 19.7. The second-order valence-electron chi connectivity index (χ2n) is 6.37. The monoisotopic (exact) mass is 379 g/mol. The van der Waals surface area contributed by atoms with Crippen LogP contribution in [0.2, 0.25) is 0 Å². The standard InChI is InChI=1S/C20H18FN5O2/c1-12-17(19(27)25-15-7-9-16(28-2)10-8-15)18(13-3-5-14(21)6-4-13)26-20(24-12)22-11-23-26/h3-11,17-18H,1H2,2H3,(H,25,27)(H,22,23,24). The second kappa shape index (κ2) is 7.15. The topological polar surface area (TPSA) is 81.1 Å². The molecule has 4 rings (SSSR count). The van der Waals surface area contributed by atoms with E-state index in [1.165, 1.54) is 18.5 Å². The Balaban J connectivity index is 1.69. The number of rotatable bonds is 4. The molecule has 2 N–H and O–H groups in total. The van der Waals surface area contributed by atoms with Gasteiger partial charge in [0.05, 0.1) is 13.2 Å². The van der Waals surface area contributed by atoms with E-state index in [0.717, 1.165) is 5.56 Å². The van der Waals surface area contributed by atoms with Crippen LogP contribution in [-0.2, 0) is 4.79 Å². The molecule has 0 saturated heterocycles. The maximum Gasteiger partial charge on any atom is 0.235 e. The molecule has 1 amide bonds. The lowest BCUT2D eigenvalue weighted by Gasteiger charge is -2.33. The van der Waals surface area contributed by atoms with Crippen molar-refractivity contribution in [3.63, 3.8) is 0 Å². The van der Waals surface area contributed by atoms with Crippen LogP contribution < -0.4 is 15.4 Å². The summed E-state index contributed by atoms with van der Waals surface area (Å²) in [4.78, 5) is 17.3. The van der Waals surface area contributed by atoms with Gasteiger partial charge in [0.15, 0.2) is 0 Å². The number of benzene rings is 2. The van der Waals surface area contributed by atoms with Gasteiger partial charge in [0, 0.05) is 11.4 Å². The minimum atomic E-state index is -0.679. The van der Waals surface area contributed by atoms with Crippen LogP contribution in [0.4, 0.5) is 16.0 Å². The molecule has 0 bridgehead atoms. The van der Waals surface area contributed by atoms with Gasteiger partial charge in [-0.25, -0.2) is 9.07 Å². The first-order chi connectivity index (χ1) is 13.6. The predicted molar refractivity (Wildman–Crippen MR) is 102 cm³/mol. The summed E-state index contributed by atoms with van der Waals surface area (Å²) in [5, 5.41) is 10.2. The highest BCUT2D eigenvalue weighted by atomic mass is 19.1. The summed E-state index contributed by atoms with van der Waals surface area (Å²) < 4.78 is 20.2. The van der Waals surface area contributed by atoms with Gasteiger partial charge in [0.25, 0.3) is 0 Å². The number of anilines is 2. The Bertz CT molecular complexity index is 1010. The number of fused-ring (bicyclic) bond motifs is 1. The Hall–Kier alpha value is -3.68. The molecule has 0 radical (unpaired) electrons. The van der Waals surface area contributed by atoms with E-state index >= 15 is 0 Å². The molecule has 2 atom stereocenters. The van der Waals surface area contributed by atoms with E-state index < -0.39 is 12.0 Å². The number of carbonyl (C=O) groups excluding carboxylic acids is 1. The Kier molecular flexibility index (Phi) is 4.52. The van der Waals surface area contributed by atoms with E-state index in [1.54, 1.807) is 48.2 Å². The summed E-state index contributed by atoms with van der Waals surface area (Å²) in [7, 11) is 1.58. The van der Waals surface area contributed by atoms with Gasteiger partial charge in [-0.05, 0) is 42.0 Å². The van der Waals surface area contributed by atoms with Crippen molar-refractivity contribution in [2.24, 2.45) is 5.92 Å². The largest absolute Gasteiger partial charge is 0.497 e. The Labute approximate surface area is 160 Å². The minimum absolute atomic E-state index is 0.266. The summed E-state index contributed by atoms with van der Waals surface area (Å²) in [5.41, 5.74) is 1.84. The first kappa shape index (κ1) is 17.7. The van der Waals surface area contributed by atoms with Crippen molar-refractivity contribution in [3.05, 3.63) is 78.5 Å². The zero-order valence-corrected chi connectivity index (χ0v) is 15.1. The maximum absolute atomic E-state index is 13.4. The quantitative estimate of drug-likeness (QED) is 0.728. The van der Waals surface area contributed by atoms with Crippen molar-refractivity contribution >= 4 is 17.5 Å². The van der Waals surface area contributed by atoms with Crippen LogP contribution in [0.25, 0.3) is 0 Å². The number of carbonyl (C=O) groups is 1. The molecule has 7 nitrogen and oxygen atoms in total. The number of halogens is 1. The molecule has 8 heteroatoms. The van der Waals surface area contributed by atoms with Crippen LogP contribution in [0, 0.1) is 11.7 Å². The molecule has 0 aliphatic carbocycles. The van der Waals surface area contributed by atoms with Crippen LogP contribution in [0.15, 0.2) is 67.1 Å². The number of ether oxygens (including phenoxy) is 1. The summed E-state index contributed by atoms with van der Waals surface area (Å²) in [6.07, 6.45) is 1.40. The number of hydrogen-bond acceptors (Lipinski definition) is 5. The molecular weight excluding hydrogens is 361 g/mol. The average molecular weight is 379 g/mol. The molecule has 1 aliphatic rings.